The predicted molar refractivity (Wildman–Crippen MR) is 103 cm³/mol. The van der Waals surface area contributed by atoms with Crippen LogP contribution in [0.1, 0.15) is 41.2 Å². The average molecular weight is 394 g/mol. The number of nitrogens with one attached hydrogen (secondary N) is 1. The van der Waals surface area contributed by atoms with Crippen molar-refractivity contribution in [2.24, 2.45) is 23.0 Å². The lowest BCUT2D eigenvalue weighted by atomic mass is 9.71. The molecule has 1 aliphatic heterocycles. The van der Waals surface area contributed by atoms with Crippen LogP contribution in [0.15, 0.2) is 36.7 Å². The third-order valence-electron chi connectivity index (χ3n) is 6.64. The van der Waals surface area contributed by atoms with Crippen molar-refractivity contribution < 1.29 is 19.1 Å². The zero-order valence-corrected chi connectivity index (χ0v) is 15.8. The zero-order chi connectivity index (χ0) is 20.2. The molecule has 2 amide bonds. The highest BCUT2D eigenvalue weighted by Crippen LogP contribution is 2.74. The van der Waals surface area contributed by atoms with E-state index in [1.165, 1.54) is 11.9 Å². The third-order valence-corrected chi connectivity index (χ3v) is 6.64. The van der Waals surface area contributed by atoms with E-state index in [-0.39, 0.29) is 35.5 Å². The molecule has 0 spiro atoms. The molecular formula is C21H22N4O4. The fourth-order valence-corrected chi connectivity index (χ4v) is 4.87. The Labute approximate surface area is 167 Å². The smallest absolute Gasteiger partial charge is 0.312 e. The number of fused-ring (bicyclic) bond motifs is 2. The first-order chi connectivity index (χ1) is 14.0. The van der Waals surface area contributed by atoms with Gasteiger partial charge >= 0.3 is 5.97 Å². The number of carbonyl (C=O) groups excluding carboxylic acids is 3. The molecule has 29 heavy (non-hydrogen) atoms. The monoisotopic (exact) mass is 394 g/mol. The quantitative estimate of drug-likeness (QED) is 0.723. The van der Waals surface area contributed by atoms with Crippen molar-refractivity contribution in [1.29, 1.82) is 0 Å². The number of primary amides is 1. The molecule has 0 radical (unpaired) electrons. The Morgan fingerprint density at radius 1 is 1.28 bits per heavy atom. The molecule has 1 unspecified atom stereocenters. The molecule has 5 rings (SSSR count). The summed E-state index contributed by atoms with van der Waals surface area (Å²) in [5.41, 5.74) is 6.31. The van der Waals surface area contributed by atoms with Crippen LogP contribution >= 0.6 is 0 Å². The first-order valence-electron chi connectivity index (χ1n) is 9.87. The summed E-state index contributed by atoms with van der Waals surface area (Å²) < 4.78 is 7.23. The van der Waals surface area contributed by atoms with Gasteiger partial charge in [0.1, 0.15) is 5.82 Å². The summed E-state index contributed by atoms with van der Waals surface area (Å²) in [6, 6.07) is 10.3. The molecule has 0 bridgehead atoms. The largest absolute Gasteiger partial charge is 0.465 e. The molecule has 1 aromatic carbocycles. The van der Waals surface area contributed by atoms with E-state index in [0.29, 0.717) is 30.6 Å². The van der Waals surface area contributed by atoms with Crippen LogP contribution in [0.25, 0.3) is 0 Å². The van der Waals surface area contributed by atoms with Crippen molar-refractivity contribution in [3.8, 4) is 0 Å². The lowest BCUT2D eigenvalue weighted by molar-refractivity contribution is -0.155. The van der Waals surface area contributed by atoms with E-state index in [2.05, 4.69) is 22.4 Å². The Morgan fingerprint density at radius 3 is 2.79 bits per heavy atom. The van der Waals surface area contributed by atoms with Gasteiger partial charge in [0.25, 0.3) is 5.91 Å². The topological polar surface area (TPSA) is 116 Å². The van der Waals surface area contributed by atoms with E-state index >= 15 is 0 Å². The number of carbonyl (C=O) groups is 3. The summed E-state index contributed by atoms with van der Waals surface area (Å²) in [4.78, 5) is 40.2. The van der Waals surface area contributed by atoms with Crippen molar-refractivity contribution in [3.05, 3.63) is 47.9 Å². The van der Waals surface area contributed by atoms with Gasteiger partial charge in [-0.1, -0.05) is 30.3 Å². The lowest BCUT2D eigenvalue weighted by Gasteiger charge is -2.33. The van der Waals surface area contributed by atoms with Crippen LogP contribution in [0.2, 0.25) is 0 Å². The number of nitrogens with two attached hydrogens (primary N) is 1. The molecule has 2 fully saturated rings. The Bertz CT molecular complexity index is 1000. The molecule has 8 nitrogen and oxygen atoms in total. The number of anilines is 1. The highest BCUT2D eigenvalue weighted by molar-refractivity contribution is 6.02. The lowest BCUT2D eigenvalue weighted by Crippen LogP contribution is -2.36. The number of amides is 2. The predicted octanol–water partition coefficient (Wildman–Crippen LogP) is 1.68. The third kappa shape index (κ3) is 2.82. The van der Waals surface area contributed by atoms with Gasteiger partial charge in [-0.15, -0.1) is 0 Å². The second-order valence-electron chi connectivity index (χ2n) is 8.26. The molecule has 3 N–H and O–H groups in total. The van der Waals surface area contributed by atoms with Crippen molar-refractivity contribution >= 4 is 23.6 Å². The molecule has 2 aliphatic carbocycles. The molecule has 2 aromatic rings. The summed E-state index contributed by atoms with van der Waals surface area (Å²) in [5, 5.41) is 2.68. The van der Waals surface area contributed by atoms with Gasteiger partial charge in [0, 0.05) is 6.54 Å². The summed E-state index contributed by atoms with van der Waals surface area (Å²) >= 11 is 0. The molecule has 150 valence electrons. The minimum absolute atomic E-state index is 0.0556. The number of aromatic nitrogens is 2. The molecular weight excluding hydrogens is 372 g/mol. The van der Waals surface area contributed by atoms with Crippen LogP contribution in [0, 0.1) is 17.3 Å². The van der Waals surface area contributed by atoms with Crippen molar-refractivity contribution in [3.63, 3.8) is 0 Å². The van der Waals surface area contributed by atoms with Gasteiger partial charge in [0.05, 0.1) is 24.3 Å². The zero-order valence-electron chi connectivity index (χ0n) is 15.8. The van der Waals surface area contributed by atoms with E-state index in [1.54, 1.807) is 4.57 Å². The van der Waals surface area contributed by atoms with Crippen molar-refractivity contribution in [2.75, 3.05) is 11.9 Å². The number of hydrogen-bond donors (Lipinski definition) is 2. The van der Waals surface area contributed by atoms with E-state index in [0.717, 1.165) is 12.8 Å². The molecule has 8 heteroatoms. The minimum atomic E-state index is -0.682. The van der Waals surface area contributed by atoms with Crippen LogP contribution in [0.4, 0.5) is 5.82 Å². The van der Waals surface area contributed by atoms with E-state index in [1.807, 2.05) is 18.2 Å². The summed E-state index contributed by atoms with van der Waals surface area (Å²) in [5.74, 6) is -0.216. The van der Waals surface area contributed by atoms with Gasteiger partial charge < -0.3 is 20.4 Å². The van der Waals surface area contributed by atoms with Crippen LogP contribution in [-0.2, 0) is 20.9 Å². The number of rotatable bonds is 6. The fraction of sp³-hybridized carbons (Fsp3) is 0.429. The van der Waals surface area contributed by atoms with Crippen LogP contribution in [-0.4, -0.2) is 33.9 Å². The van der Waals surface area contributed by atoms with Gasteiger partial charge in [-0.2, -0.15) is 0 Å². The van der Waals surface area contributed by atoms with Gasteiger partial charge in [0.15, 0.2) is 5.69 Å². The Balaban J connectivity index is 1.13. The maximum Gasteiger partial charge on any atom is 0.312 e. The SMILES string of the molecule is NC(=O)c1ncn2c1NC(=O)C(CCOC(=O)[C@@]13C[C@H](c4ccccc4)[C@@H]1C3)C2. The summed E-state index contributed by atoms with van der Waals surface area (Å²) in [7, 11) is 0. The van der Waals surface area contributed by atoms with E-state index < -0.39 is 5.91 Å². The van der Waals surface area contributed by atoms with Gasteiger partial charge in [0.2, 0.25) is 5.91 Å². The maximum atomic E-state index is 12.6. The number of hydrogen-bond acceptors (Lipinski definition) is 5. The van der Waals surface area contributed by atoms with E-state index in [9.17, 15) is 14.4 Å². The number of benzene rings is 1. The normalized spacial score (nSPS) is 29.1. The second-order valence-corrected chi connectivity index (χ2v) is 8.26. The highest BCUT2D eigenvalue weighted by atomic mass is 16.5. The average Bonchev–Trinajstić information content (AvgIpc) is 3.07. The molecule has 0 saturated heterocycles. The van der Waals surface area contributed by atoms with Crippen molar-refractivity contribution in [1.82, 2.24) is 9.55 Å². The van der Waals surface area contributed by atoms with Crippen molar-refractivity contribution in [2.45, 2.75) is 31.7 Å². The number of ether oxygens (including phenoxy) is 1. The molecule has 3 aliphatic rings. The van der Waals surface area contributed by atoms with Crippen LogP contribution in [0.5, 0.6) is 0 Å². The first-order valence-corrected chi connectivity index (χ1v) is 9.87. The first kappa shape index (κ1) is 17.9. The Kier molecular flexibility index (Phi) is 3.97. The van der Waals surface area contributed by atoms with E-state index in [4.69, 9.17) is 10.5 Å². The molecule has 1 aromatic heterocycles. The van der Waals surface area contributed by atoms with Gasteiger partial charge in [-0.25, -0.2) is 4.98 Å². The highest BCUT2D eigenvalue weighted by Gasteiger charge is 2.72. The standard InChI is InChI=1S/C21H22N4O4/c22-17(26)16-18-24-19(27)13(10-25(18)11-23-16)6-7-29-20(28)21-8-14(15(21)9-21)12-4-2-1-3-5-12/h1-5,11,13-15H,6-10H2,(H2,22,26)(H,24,27)/t13?,14-,15+,21-/m1/s1. The number of esters is 1. The molecule has 2 heterocycles. The van der Waals surface area contributed by atoms with Gasteiger partial charge in [-0.3, -0.25) is 14.4 Å². The minimum Gasteiger partial charge on any atom is -0.465 e. The Morgan fingerprint density at radius 2 is 2.07 bits per heavy atom. The second kappa shape index (κ2) is 6.43. The summed E-state index contributed by atoms with van der Waals surface area (Å²) in [6.07, 6.45) is 3.64. The maximum absolute atomic E-state index is 12.6. The van der Waals surface area contributed by atoms with Crippen LogP contribution < -0.4 is 11.1 Å². The molecule has 4 atom stereocenters. The fourth-order valence-electron chi connectivity index (χ4n) is 4.87. The number of nitrogens with zero attached hydrogens (tertiary/aromatic N) is 2. The summed E-state index contributed by atoms with van der Waals surface area (Å²) in [6.45, 7) is 0.580. The molecule has 2 saturated carbocycles. The van der Waals surface area contributed by atoms with Crippen LogP contribution in [0.3, 0.4) is 0 Å². The Hall–Kier alpha value is -3.16. The number of imidazole rings is 1. The van der Waals surface area contributed by atoms with Gasteiger partial charge in [-0.05, 0) is 36.7 Å².